The van der Waals surface area contributed by atoms with Gasteiger partial charge in [-0.3, -0.25) is 19.5 Å². The molecule has 1 saturated heterocycles. The fourth-order valence-corrected chi connectivity index (χ4v) is 4.65. The molecule has 0 unspecified atom stereocenters. The van der Waals surface area contributed by atoms with Crippen LogP contribution in [0.1, 0.15) is 55.7 Å². The number of anilines is 2. The quantitative estimate of drug-likeness (QED) is 0.280. The van der Waals surface area contributed by atoms with Gasteiger partial charge in [-0.15, -0.1) is 0 Å². The van der Waals surface area contributed by atoms with Crippen LogP contribution in [0, 0.1) is 6.57 Å². The Morgan fingerprint density at radius 3 is 2.79 bits per heavy atom. The minimum Gasteiger partial charge on any atom is -0.309 e. The van der Waals surface area contributed by atoms with Gasteiger partial charge in [-0.05, 0) is 49.4 Å². The highest BCUT2D eigenvalue weighted by Gasteiger charge is 2.28. The largest absolute Gasteiger partial charge is 0.309 e. The highest BCUT2D eigenvalue weighted by molar-refractivity contribution is 5.98. The second-order valence-electron chi connectivity index (χ2n) is 9.89. The van der Waals surface area contributed by atoms with Crippen LogP contribution >= 0.6 is 0 Å². The van der Waals surface area contributed by atoms with E-state index in [1.807, 2.05) is 43.3 Å². The maximum absolute atomic E-state index is 12.8. The first-order valence-electron chi connectivity index (χ1n) is 13.0. The molecule has 3 N–H and O–H groups in total. The summed E-state index contributed by atoms with van der Waals surface area (Å²) >= 11 is 0. The predicted molar refractivity (Wildman–Crippen MR) is 146 cm³/mol. The highest BCUT2D eigenvalue weighted by atomic mass is 16.2. The lowest BCUT2D eigenvalue weighted by molar-refractivity contribution is -0.117. The van der Waals surface area contributed by atoms with Crippen molar-refractivity contribution in [3.05, 3.63) is 83.5 Å². The molecule has 1 aromatic carbocycles. The molecule has 0 bridgehead atoms. The fraction of sp³-hybridized carbons (Fsp3) is 0.345. The number of hydrogen-bond acceptors (Lipinski definition) is 5. The normalized spacial score (nSPS) is 18.3. The average molecular weight is 510 g/mol. The first-order valence-corrected chi connectivity index (χ1v) is 13.0. The lowest BCUT2D eigenvalue weighted by atomic mass is 9.96. The van der Waals surface area contributed by atoms with Crippen LogP contribution < -0.4 is 10.6 Å². The molecule has 2 aliphatic rings. The van der Waals surface area contributed by atoms with Crippen LogP contribution in [-0.4, -0.2) is 51.2 Å². The maximum Gasteiger partial charge on any atom is 0.280 e. The number of hydrogen-bond donors (Lipinski definition) is 3. The predicted octanol–water partition coefficient (Wildman–Crippen LogP) is 4.93. The molecular weight excluding hydrogens is 478 g/mol. The number of rotatable bonds is 9. The van der Waals surface area contributed by atoms with Crippen molar-refractivity contribution >= 4 is 23.5 Å². The molecule has 194 valence electrons. The van der Waals surface area contributed by atoms with Gasteiger partial charge in [0.25, 0.3) is 6.17 Å². The van der Waals surface area contributed by atoms with Gasteiger partial charge in [-0.25, -0.2) is 16.5 Å². The first-order chi connectivity index (χ1) is 18.5. The first kappa shape index (κ1) is 25.4. The topological polar surface area (TPSA) is 107 Å². The van der Waals surface area contributed by atoms with Crippen molar-refractivity contribution < 1.29 is 9.59 Å². The number of likely N-dealkylation sites (tertiary alicyclic amines) is 1. The summed E-state index contributed by atoms with van der Waals surface area (Å²) in [5.41, 5.74) is 3.78. The summed E-state index contributed by atoms with van der Waals surface area (Å²) in [5, 5.41) is 12.9. The monoisotopic (exact) mass is 509 g/mol. The van der Waals surface area contributed by atoms with Gasteiger partial charge >= 0.3 is 0 Å². The van der Waals surface area contributed by atoms with Gasteiger partial charge in [-0.1, -0.05) is 30.3 Å². The van der Waals surface area contributed by atoms with Crippen molar-refractivity contribution in [2.45, 2.75) is 50.6 Å². The Bertz CT molecular complexity index is 1370. The van der Waals surface area contributed by atoms with E-state index in [0.29, 0.717) is 24.1 Å². The molecule has 2 amide bonds. The van der Waals surface area contributed by atoms with E-state index in [2.05, 4.69) is 35.6 Å². The van der Waals surface area contributed by atoms with E-state index in [9.17, 15) is 9.59 Å². The fourth-order valence-electron chi connectivity index (χ4n) is 4.65. The maximum atomic E-state index is 12.8. The standard InChI is InChI=1S/C29H31N7O2/c1-19(29(38)33-26-17-24(34-35-26)20-10-11-20)21-6-3-7-22(16-21)23-12-13-25(31-18-23)32-28(37)9-5-15-36-14-4-8-27(36)30-2/h3,5-7,9,12-13,16-20,27H,4,8,10-11,14-15H2,1H3,(H,31,32,37)(H2,33,34,35,38)/b9-5+/t19-,27-/m0/s1. The van der Waals surface area contributed by atoms with Gasteiger partial charge in [0.1, 0.15) is 5.82 Å². The highest BCUT2D eigenvalue weighted by Crippen LogP contribution is 2.39. The van der Waals surface area contributed by atoms with E-state index in [-0.39, 0.29) is 23.9 Å². The smallest absolute Gasteiger partial charge is 0.280 e. The summed E-state index contributed by atoms with van der Waals surface area (Å²) in [4.78, 5) is 35.2. The van der Waals surface area contributed by atoms with E-state index in [1.54, 1.807) is 18.3 Å². The van der Waals surface area contributed by atoms with Crippen molar-refractivity contribution in [3.8, 4) is 11.1 Å². The summed E-state index contributed by atoms with van der Waals surface area (Å²) < 4.78 is 0. The van der Waals surface area contributed by atoms with Crippen molar-refractivity contribution in [2.24, 2.45) is 0 Å². The van der Waals surface area contributed by atoms with Crippen LogP contribution in [0.25, 0.3) is 16.0 Å². The zero-order valence-corrected chi connectivity index (χ0v) is 21.4. The number of carbonyl (C=O) groups is 2. The third-order valence-electron chi connectivity index (χ3n) is 7.08. The van der Waals surface area contributed by atoms with Crippen molar-refractivity contribution in [1.29, 1.82) is 0 Å². The Balaban J connectivity index is 1.16. The van der Waals surface area contributed by atoms with E-state index < -0.39 is 0 Å². The molecule has 2 atom stereocenters. The van der Waals surface area contributed by atoms with Crippen molar-refractivity contribution in [2.75, 3.05) is 23.7 Å². The Labute approximate surface area is 222 Å². The lowest BCUT2D eigenvalue weighted by Gasteiger charge is -2.13. The Morgan fingerprint density at radius 1 is 1.16 bits per heavy atom. The Hall–Kier alpha value is -4.29. The molecule has 0 spiro atoms. The second kappa shape index (κ2) is 11.4. The third kappa shape index (κ3) is 6.15. The molecule has 2 fully saturated rings. The molecule has 9 nitrogen and oxygen atoms in total. The molecule has 38 heavy (non-hydrogen) atoms. The Morgan fingerprint density at radius 2 is 2.03 bits per heavy atom. The molecule has 2 aromatic heterocycles. The number of carbonyl (C=O) groups excluding carboxylic acids is 2. The van der Waals surface area contributed by atoms with Crippen molar-refractivity contribution in [3.63, 3.8) is 0 Å². The SMILES string of the molecule is [C-]#[N+][C@@H]1CCCN1C/C=C/C(=O)Nc1ccc(-c2cccc([C@H](C)C(=O)Nc3cc(C4CC4)[nH]n3)c2)cn1. The summed E-state index contributed by atoms with van der Waals surface area (Å²) in [6.07, 6.45) is 9.14. The number of aromatic amines is 1. The van der Waals surface area contributed by atoms with Gasteiger partial charge in [0.2, 0.25) is 11.8 Å². The van der Waals surface area contributed by atoms with Crippen LogP contribution in [-0.2, 0) is 9.59 Å². The van der Waals surface area contributed by atoms with Crippen LogP contribution in [0.2, 0.25) is 0 Å². The van der Waals surface area contributed by atoms with E-state index >= 15 is 0 Å². The number of amides is 2. The average Bonchev–Trinajstić information content (AvgIpc) is 3.51. The molecule has 5 rings (SSSR count). The van der Waals surface area contributed by atoms with Gasteiger partial charge in [0.15, 0.2) is 5.82 Å². The minimum atomic E-state index is -0.361. The van der Waals surface area contributed by atoms with Gasteiger partial charge in [0.05, 0.1) is 5.92 Å². The molecule has 1 aliphatic heterocycles. The zero-order chi connectivity index (χ0) is 26.5. The number of H-pyrrole nitrogens is 1. The molecule has 0 radical (unpaired) electrons. The third-order valence-corrected chi connectivity index (χ3v) is 7.08. The number of nitrogens with one attached hydrogen (secondary N) is 3. The number of pyridine rings is 1. The van der Waals surface area contributed by atoms with Crippen LogP contribution in [0.15, 0.2) is 60.8 Å². The zero-order valence-electron chi connectivity index (χ0n) is 21.4. The minimum absolute atomic E-state index is 0.0795. The molecule has 3 heterocycles. The molecular formula is C29H31N7O2. The van der Waals surface area contributed by atoms with Gasteiger partial charge < -0.3 is 10.6 Å². The molecule has 3 aromatic rings. The number of benzene rings is 1. The molecule has 1 aliphatic carbocycles. The van der Waals surface area contributed by atoms with Crippen LogP contribution in [0.4, 0.5) is 11.6 Å². The van der Waals surface area contributed by atoms with E-state index in [1.165, 1.54) is 18.9 Å². The number of nitrogens with zero attached hydrogens (tertiary/aromatic N) is 4. The van der Waals surface area contributed by atoms with E-state index in [4.69, 9.17) is 6.57 Å². The molecule has 9 heteroatoms. The summed E-state index contributed by atoms with van der Waals surface area (Å²) in [6, 6.07) is 13.4. The van der Waals surface area contributed by atoms with Gasteiger partial charge in [0, 0.05) is 55.0 Å². The van der Waals surface area contributed by atoms with Crippen molar-refractivity contribution in [1.82, 2.24) is 20.1 Å². The van der Waals surface area contributed by atoms with Gasteiger partial charge in [-0.2, -0.15) is 5.10 Å². The summed E-state index contributed by atoms with van der Waals surface area (Å²) in [7, 11) is 0. The van der Waals surface area contributed by atoms with E-state index in [0.717, 1.165) is 41.8 Å². The molecule has 1 saturated carbocycles. The Kier molecular flexibility index (Phi) is 7.61. The second-order valence-corrected chi connectivity index (χ2v) is 9.89. The summed E-state index contributed by atoms with van der Waals surface area (Å²) in [6.45, 7) is 10.6. The lowest BCUT2D eigenvalue weighted by Crippen LogP contribution is -2.26. The summed E-state index contributed by atoms with van der Waals surface area (Å²) in [5.74, 6) is 0.824. The van der Waals surface area contributed by atoms with Crippen LogP contribution in [0.3, 0.4) is 0 Å². The van der Waals surface area contributed by atoms with Crippen LogP contribution in [0.5, 0.6) is 0 Å². The number of aromatic nitrogens is 3.